The van der Waals surface area contributed by atoms with Gasteiger partial charge in [-0.05, 0) is 30.3 Å². The highest BCUT2D eigenvalue weighted by atomic mass is 16.5. The zero-order valence-electron chi connectivity index (χ0n) is 11.7. The van der Waals surface area contributed by atoms with Gasteiger partial charge in [-0.25, -0.2) is 0 Å². The van der Waals surface area contributed by atoms with Gasteiger partial charge in [-0.15, -0.1) is 0 Å². The molecule has 5 nitrogen and oxygen atoms in total. The minimum Gasteiger partial charge on any atom is -0.454 e. The summed E-state index contributed by atoms with van der Waals surface area (Å²) in [6.45, 7) is 1.42. The summed E-state index contributed by atoms with van der Waals surface area (Å²) in [7, 11) is 1.70. The van der Waals surface area contributed by atoms with Crippen LogP contribution in [0.25, 0.3) is 0 Å². The predicted octanol–water partition coefficient (Wildman–Crippen LogP) is 3.03. The monoisotopic (exact) mass is 282 g/mol. The van der Waals surface area contributed by atoms with E-state index in [0.29, 0.717) is 28.4 Å². The molecule has 0 bridgehead atoms. The maximum absolute atomic E-state index is 12.6. The van der Waals surface area contributed by atoms with Crippen molar-refractivity contribution in [3.63, 3.8) is 0 Å². The van der Waals surface area contributed by atoms with Crippen molar-refractivity contribution >= 4 is 23.2 Å². The number of rotatable bonds is 1. The first-order valence-electron chi connectivity index (χ1n) is 6.53. The lowest BCUT2D eigenvalue weighted by Gasteiger charge is -2.15. The first-order valence-corrected chi connectivity index (χ1v) is 6.53. The van der Waals surface area contributed by atoms with E-state index in [4.69, 9.17) is 4.74 Å². The van der Waals surface area contributed by atoms with Crippen LogP contribution in [0.4, 0.5) is 11.4 Å². The molecule has 0 atom stereocenters. The topological polar surface area (TPSA) is 58.6 Å². The lowest BCUT2D eigenvalue weighted by atomic mass is 10.1. The van der Waals surface area contributed by atoms with Gasteiger partial charge >= 0.3 is 0 Å². The summed E-state index contributed by atoms with van der Waals surface area (Å²) >= 11 is 0. The molecular weight excluding hydrogens is 268 g/mol. The standard InChI is InChI=1S/C16H14N2O3/c1-10(19)17-11-7-8-14-12(9-11)16(20)18(2)13-5-3-4-6-15(13)21-14/h3-9H,1-2H3,(H,17,19). The average molecular weight is 282 g/mol. The number of benzene rings is 2. The molecule has 0 aliphatic carbocycles. The Kier molecular flexibility index (Phi) is 3.10. The number of fused-ring (bicyclic) bond motifs is 2. The Balaban J connectivity index is 2.10. The van der Waals surface area contributed by atoms with Crippen LogP contribution in [0.5, 0.6) is 11.5 Å². The zero-order chi connectivity index (χ0) is 15.0. The molecular formula is C16H14N2O3. The first-order chi connectivity index (χ1) is 10.1. The van der Waals surface area contributed by atoms with Gasteiger partial charge in [0, 0.05) is 19.7 Å². The van der Waals surface area contributed by atoms with Crippen molar-refractivity contribution in [1.29, 1.82) is 0 Å². The molecule has 0 fully saturated rings. The van der Waals surface area contributed by atoms with E-state index in [2.05, 4.69) is 5.32 Å². The number of amides is 2. The molecule has 0 saturated carbocycles. The van der Waals surface area contributed by atoms with Crippen LogP contribution in [-0.2, 0) is 4.79 Å². The van der Waals surface area contributed by atoms with Crippen molar-refractivity contribution in [1.82, 2.24) is 0 Å². The first kappa shape index (κ1) is 13.2. The summed E-state index contributed by atoms with van der Waals surface area (Å²) in [5.41, 5.74) is 1.69. The Morgan fingerprint density at radius 1 is 1.14 bits per heavy atom. The van der Waals surface area contributed by atoms with Crippen molar-refractivity contribution in [2.45, 2.75) is 6.92 Å². The molecule has 2 aromatic carbocycles. The largest absolute Gasteiger partial charge is 0.454 e. The summed E-state index contributed by atoms with van der Waals surface area (Å²) in [6.07, 6.45) is 0. The van der Waals surface area contributed by atoms with Crippen molar-refractivity contribution in [3.05, 3.63) is 48.0 Å². The summed E-state index contributed by atoms with van der Waals surface area (Å²) in [5.74, 6) is 0.737. The van der Waals surface area contributed by atoms with Gasteiger partial charge in [0.1, 0.15) is 5.75 Å². The van der Waals surface area contributed by atoms with Crippen LogP contribution < -0.4 is 15.0 Å². The minimum absolute atomic E-state index is 0.179. The Hall–Kier alpha value is -2.82. The normalized spacial score (nSPS) is 12.9. The fourth-order valence-corrected chi connectivity index (χ4v) is 2.30. The van der Waals surface area contributed by atoms with Crippen LogP contribution in [0, 0.1) is 0 Å². The van der Waals surface area contributed by atoms with Gasteiger partial charge in [-0.1, -0.05) is 12.1 Å². The molecule has 106 valence electrons. The molecule has 1 aliphatic rings. The average Bonchev–Trinajstić information content (AvgIpc) is 2.56. The molecule has 1 N–H and O–H groups in total. The molecule has 0 saturated heterocycles. The van der Waals surface area contributed by atoms with E-state index in [-0.39, 0.29) is 11.8 Å². The van der Waals surface area contributed by atoms with Crippen LogP contribution in [0.3, 0.4) is 0 Å². The van der Waals surface area contributed by atoms with Crippen molar-refractivity contribution < 1.29 is 14.3 Å². The number of ether oxygens (including phenoxy) is 1. The number of para-hydroxylation sites is 2. The van der Waals surface area contributed by atoms with Gasteiger partial charge in [0.2, 0.25) is 5.91 Å². The van der Waals surface area contributed by atoms with Crippen LogP contribution in [0.15, 0.2) is 42.5 Å². The molecule has 0 radical (unpaired) electrons. The van der Waals surface area contributed by atoms with E-state index in [1.807, 2.05) is 24.3 Å². The molecule has 0 aromatic heterocycles. The second kappa shape index (κ2) is 4.94. The Morgan fingerprint density at radius 3 is 2.67 bits per heavy atom. The molecule has 1 aliphatic heterocycles. The molecule has 2 aromatic rings. The predicted molar refractivity (Wildman–Crippen MR) is 80.0 cm³/mol. The lowest BCUT2D eigenvalue weighted by Crippen LogP contribution is -2.25. The highest BCUT2D eigenvalue weighted by Crippen LogP contribution is 2.38. The molecule has 0 spiro atoms. The minimum atomic E-state index is -0.187. The lowest BCUT2D eigenvalue weighted by molar-refractivity contribution is -0.114. The third-order valence-corrected chi connectivity index (χ3v) is 3.28. The van der Waals surface area contributed by atoms with Crippen LogP contribution in [0.2, 0.25) is 0 Å². The summed E-state index contributed by atoms with van der Waals surface area (Å²) in [6, 6.07) is 12.4. The third-order valence-electron chi connectivity index (χ3n) is 3.28. The summed E-state index contributed by atoms with van der Waals surface area (Å²) < 4.78 is 5.83. The Labute approximate surface area is 122 Å². The maximum atomic E-state index is 12.6. The maximum Gasteiger partial charge on any atom is 0.261 e. The SMILES string of the molecule is CC(=O)Nc1ccc2c(c1)C(=O)N(C)c1ccccc1O2. The molecule has 5 heteroatoms. The summed E-state index contributed by atoms with van der Waals surface area (Å²) in [5, 5.41) is 2.67. The second-order valence-corrected chi connectivity index (χ2v) is 4.83. The van der Waals surface area contributed by atoms with Crippen molar-refractivity contribution in [3.8, 4) is 11.5 Å². The van der Waals surface area contributed by atoms with Gasteiger partial charge in [0.25, 0.3) is 5.91 Å². The quantitative estimate of drug-likeness (QED) is 0.874. The Morgan fingerprint density at radius 2 is 1.90 bits per heavy atom. The number of carbonyl (C=O) groups is 2. The molecule has 2 amide bonds. The highest BCUT2D eigenvalue weighted by molar-refractivity contribution is 6.10. The van der Waals surface area contributed by atoms with Crippen molar-refractivity contribution in [2.75, 3.05) is 17.3 Å². The highest BCUT2D eigenvalue weighted by Gasteiger charge is 2.25. The van der Waals surface area contributed by atoms with E-state index in [0.717, 1.165) is 0 Å². The molecule has 0 unspecified atom stereocenters. The zero-order valence-corrected chi connectivity index (χ0v) is 11.7. The van der Waals surface area contributed by atoms with E-state index in [1.54, 1.807) is 30.1 Å². The van der Waals surface area contributed by atoms with Crippen molar-refractivity contribution in [2.24, 2.45) is 0 Å². The van der Waals surface area contributed by atoms with E-state index in [1.165, 1.54) is 6.92 Å². The van der Waals surface area contributed by atoms with Gasteiger partial charge in [-0.2, -0.15) is 0 Å². The van der Waals surface area contributed by atoms with Crippen LogP contribution in [-0.4, -0.2) is 18.9 Å². The Bertz CT molecular complexity index is 740. The molecule has 1 heterocycles. The van der Waals surface area contributed by atoms with Crippen LogP contribution in [0.1, 0.15) is 17.3 Å². The number of hydrogen-bond donors (Lipinski definition) is 1. The number of nitrogens with zero attached hydrogens (tertiary/aromatic N) is 1. The number of hydrogen-bond acceptors (Lipinski definition) is 3. The molecule has 21 heavy (non-hydrogen) atoms. The van der Waals surface area contributed by atoms with Gasteiger partial charge < -0.3 is 15.0 Å². The summed E-state index contributed by atoms with van der Waals surface area (Å²) in [4.78, 5) is 25.2. The van der Waals surface area contributed by atoms with E-state index >= 15 is 0 Å². The second-order valence-electron chi connectivity index (χ2n) is 4.83. The smallest absolute Gasteiger partial charge is 0.261 e. The van der Waals surface area contributed by atoms with Gasteiger partial charge in [-0.3, -0.25) is 9.59 Å². The van der Waals surface area contributed by atoms with E-state index < -0.39 is 0 Å². The fraction of sp³-hybridized carbons (Fsp3) is 0.125. The number of nitrogens with one attached hydrogen (secondary N) is 1. The third kappa shape index (κ3) is 2.33. The van der Waals surface area contributed by atoms with Gasteiger partial charge in [0.05, 0.1) is 11.3 Å². The number of anilines is 2. The number of carbonyl (C=O) groups excluding carboxylic acids is 2. The van der Waals surface area contributed by atoms with Crippen LogP contribution >= 0.6 is 0 Å². The van der Waals surface area contributed by atoms with E-state index in [9.17, 15) is 9.59 Å². The van der Waals surface area contributed by atoms with Gasteiger partial charge in [0.15, 0.2) is 5.75 Å². The molecule has 3 rings (SSSR count). The fourth-order valence-electron chi connectivity index (χ4n) is 2.30.